The van der Waals surface area contributed by atoms with E-state index >= 15 is 0 Å². The van der Waals surface area contributed by atoms with Crippen LogP contribution in [0.2, 0.25) is 0 Å². The molecule has 2 saturated carbocycles. The molecule has 118 valence electrons. The minimum atomic E-state index is -0.312. The van der Waals surface area contributed by atoms with Crippen LogP contribution in [0.3, 0.4) is 0 Å². The number of hydrogen-bond donors (Lipinski definition) is 1. The predicted octanol–water partition coefficient (Wildman–Crippen LogP) is 2.47. The highest BCUT2D eigenvalue weighted by Crippen LogP contribution is 2.35. The van der Waals surface area contributed by atoms with E-state index in [1.165, 1.54) is 38.5 Å². The van der Waals surface area contributed by atoms with Gasteiger partial charge >= 0.3 is 0 Å². The molecule has 21 heavy (non-hydrogen) atoms. The van der Waals surface area contributed by atoms with E-state index in [2.05, 4.69) is 12.2 Å². The number of rotatable bonds is 3. The fraction of sp³-hybridized carbons (Fsp3) is 0.882. The monoisotopic (exact) mass is 292 g/mol. The molecule has 0 aromatic carbocycles. The normalized spacial score (nSPS) is 33.5. The lowest BCUT2D eigenvalue weighted by Gasteiger charge is -2.47. The number of nitrogens with zero attached hydrogens (tertiary/aromatic N) is 1. The summed E-state index contributed by atoms with van der Waals surface area (Å²) in [5.41, 5.74) is 0. The molecule has 1 aliphatic heterocycles. The molecule has 3 atom stereocenters. The first-order valence-corrected chi connectivity index (χ1v) is 8.72. The molecule has 0 radical (unpaired) electrons. The van der Waals surface area contributed by atoms with Gasteiger partial charge in [-0.05, 0) is 51.4 Å². The topological polar surface area (TPSA) is 49.4 Å². The van der Waals surface area contributed by atoms with Gasteiger partial charge in [0.15, 0.2) is 0 Å². The molecule has 2 amide bonds. The van der Waals surface area contributed by atoms with E-state index in [0.717, 1.165) is 12.8 Å². The highest BCUT2D eigenvalue weighted by molar-refractivity contribution is 5.97. The van der Waals surface area contributed by atoms with Crippen LogP contribution in [0.15, 0.2) is 0 Å². The van der Waals surface area contributed by atoms with Crippen molar-refractivity contribution < 1.29 is 9.59 Å². The minimum absolute atomic E-state index is 0.0383. The first kappa shape index (κ1) is 14.9. The van der Waals surface area contributed by atoms with Gasteiger partial charge in [0.2, 0.25) is 11.8 Å². The van der Waals surface area contributed by atoms with Crippen LogP contribution in [0.25, 0.3) is 0 Å². The van der Waals surface area contributed by atoms with Gasteiger partial charge in [0.25, 0.3) is 0 Å². The maximum absolute atomic E-state index is 13.0. The Bertz CT molecular complexity index is 413. The Morgan fingerprint density at radius 1 is 1.05 bits per heavy atom. The fourth-order valence-corrected chi connectivity index (χ4v) is 4.30. The average molecular weight is 292 g/mol. The van der Waals surface area contributed by atoms with Gasteiger partial charge in [0.05, 0.1) is 0 Å². The zero-order chi connectivity index (χ0) is 15.0. The number of amides is 2. The second-order valence-electron chi connectivity index (χ2n) is 7.24. The Morgan fingerprint density at radius 3 is 2.29 bits per heavy atom. The molecule has 3 aliphatic rings. The minimum Gasteiger partial charge on any atom is -0.342 e. The molecule has 4 heteroatoms. The number of piperazine rings is 1. The molecule has 2 aliphatic carbocycles. The van der Waals surface area contributed by atoms with Crippen molar-refractivity contribution in [2.75, 3.05) is 0 Å². The van der Waals surface area contributed by atoms with E-state index in [4.69, 9.17) is 0 Å². The summed E-state index contributed by atoms with van der Waals surface area (Å²) in [4.78, 5) is 27.2. The summed E-state index contributed by atoms with van der Waals surface area (Å²) in [6.45, 7) is 4.01. The van der Waals surface area contributed by atoms with Crippen molar-refractivity contribution in [3.05, 3.63) is 0 Å². The van der Waals surface area contributed by atoms with Crippen LogP contribution in [0, 0.1) is 11.8 Å². The van der Waals surface area contributed by atoms with Gasteiger partial charge in [-0.1, -0.05) is 25.7 Å². The quantitative estimate of drug-likeness (QED) is 0.868. The van der Waals surface area contributed by atoms with Crippen LogP contribution in [-0.4, -0.2) is 34.8 Å². The van der Waals surface area contributed by atoms with Gasteiger partial charge in [-0.15, -0.1) is 0 Å². The molecule has 0 bridgehead atoms. The van der Waals surface area contributed by atoms with E-state index < -0.39 is 0 Å². The first-order chi connectivity index (χ1) is 10.1. The highest BCUT2D eigenvalue weighted by atomic mass is 16.2. The molecule has 3 fully saturated rings. The van der Waals surface area contributed by atoms with Gasteiger partial charge in [0.1, 0.15) is 12.1 Å². The molecule has 1 heterocycles. The molecule has 1 N–H and O–H groups in total. The van der Waals surface area contributed by atoms with E-state index in [9.17, 15) is 9.59 Å². The van der Waals surface area contributed by atoms with E-state index in [0.29, 0.717) is 11.8 Å². The third-order valence-corrected chi connectivity index (χ3v) is 6.01. The van der Waals surface area contributed by atoms with E-state index in [1.54, 1.807) is 0 Å². The Labute approximate surface area is 127 Å². The van der Waals surface area contributed by atoms with Gasteiger partial charge in [-0.2, -0.15) is 0 Å². The SMILES string of the molecule is CC1C(=O)NC(C2CCCCC2)C(=O)N1C(C)C1CCC1. The summed E-state index contributed by atoms with van der Waals surface area (Å²) in [7, 11) is 0. The standard InChI is InChI=1S/C17H28N2O2/c1-11(13-9-6-10-13)19-12(2)16(20)18-15(17(19)21)14-7-4-3-5-8-14/h11-15H,3-10H2,1-2H3,(H,18,20). The lowest BCUT2D eigenvalue weighted by molar-refractivity contribution is -0.155. The van der Waals surface area contributed by atoms with Gasteiger partial charge in [-0.3, -0.25) is 9.59 Å². The second-order valence-corrected chi connectivity index (χ2v) is 7.24. The maximum atomic E-state index is 13.0. The van der Waals surface area contributed by atoms with Crippen molar-refractivity contribution in [3.8, 4) is 0 Å². The first-order valence-electron chi connectivity index (χ1n) is 8.72. The Balaban J connectivity index is 1.76. The van der Waals surface area contributed by atoms with Crippen molar-refractivity contribution >= 4 is 11.8 Å². The van der Waals surface area contributed by atoms with E-state index in [1.807, 2.05) is 11.8 Å². The third kappa shape index (κ3) is 2.69. The van der Waals surface area contributed by atoms with Crippen LogP contribution in [0.4, 0.5) is 0 Å². The molecule has 3 unspecified atom stereocenters. The number of carbonyl (C=O) groups is 2. The lowest BCUT2D eigenvalue weighted by atomic mass is 9.77. The summed E-state index contributed by atoms with van der Waals surface area (Å²) in [6.07, 6.45) is 9.48. The number of hydrogen-bond acceptors (Lipinski definition) is 2. The second kappa shape index (κ2) is 5.98. The number of carbonyl (C=O) groups excluding carboxylic acids is 2. The van der Waals surface area contributed by atoms with Crippen molar-refractivity contribution in [1.82, 2.24) is 10.2 Å². The summed E-state index contributed by atoms with van der Waals surface area (Å²) in [6, 6.07) is -0.372. The molecule has 4 nitrogen and oxygen atoms in total. The Hall–Kier alpha value is -1.06. The highest BCUT2D eigenvalue weighted by Gasteiger charge is 2.45. The van der Waals surface area contributed by atoms with Crippen molar-refractivity contribution in [3.63, 3.8) is 0 Å². The molecule has 0 spiro atoms. The van der Waals surface area contributed by atoms with Crippen molar-refractivity contribution in [2.24, 2.45) is 11.8 Å². The van der Waals surface area contributed by atoms with Crippen LogP contribution in [0.5, 0.6) is 0 Å². The van der Waals surface area contributed by atoms with Gasteiger partial charge in [0, 0.05) is 6.04 Å². The molecular weight excluding hydrogens is 264 g/mol. The molecular formula is C17H28N2O2. The van der Waals surface area contributed by atoms with Crippen LogP contribution in [0.1, 0.15) is 65.2 Å². The summed E-state index contributed by atoms with van der Waals surface area (Å²) in [5.74, 6) is 1.15. The fourth-order valence-electron chi connectivity index (χ4n) is 4.30. The van der Waals surface area contributed by atoms with Gasteiger partial charge in [-0.25, -0.2) is 0 Å². The third-order valence-electron chi connectivity index (χ3n) is 6.01. The summed E-state index contributed by atoms with van der Waals surface area (Å²) >= 11 is 0. The number of nitrogens with one attached hydrogen (secondary N) is 1. The Kier molecular flexibility index (Phi) is 4.23. The van der Waals surface area contributed by atoms with Crippen LogP contribution in [-0.2, 0) is 9.59 Å². The summed E-state index contributed by atoms with van der Waals surface area (Å²) < 4.78 is 0. The zero-order valence-electron chi connectivity index (χ0n) is 13.3. The van der Waals surface area contributed by atoms with Crippen LogP contribution < -0.4 is 5.32 Å². The smallest absolute Gasteiger partial charge is 0.246 e. The lowest BCUT2D eigenvalue weighted by Crippen LogP contribution is -2.67. The van der Waals surface area contributed by atoms with Crippen molar-refractivity contribution in [1.29, 1.82) is 0 Å². The van der Waals surface area contributed by atoms with Crippen LogP contribution >= 0.6 is 0 Å². The van der Waals surface area contributed by atoms with E-state index in [-0.39, 0.29) is 29.9 Å². The molecule has 3 rings (SSSR count). The average Bonchev–Trinajstić information content (AvgIpc) is 2.42. The summed E-state index contributed by atoms with van der Waals surface area (Å²) in [5, 5.41) is 3.02. The molecule has 0 aromatic rings. The molecule has 0 aromatic heterocycles. The van der Waals surface area contributed by atoms with Crippen molar-refractivity contribution in [2.45, 2.75) is 83.3 Å². The Morgan fingerprint density at radius 2 is 1.71 bits per heavy atom. The van der Waals surface area contributed by atoms with Gasteiger partial charge < -0.3 is 10.2 Å². The largest absolute Gasteiger partial charge is 0.342 e. The maximum Gasteiger partial charge on any atom is 0.246 e. The zero-order valence-corrected chi connectivity index (χ0v) is 13.3. The molecule has 1 saturated heterocycles. The predicted molar refractivity (Wildman–Crippen MR) is 81.6 cm³/mol.